The number of carbonyl (C=O) groups is 1. The van der Waals surface area contributed by atoms with Crippen LogP contribution in [0.2, 0.25) is 0 Å². The molecule has 0 radical (unpaired) electrons. The third-order valence-corrected chi connectivity index (χ3v) is 3.96. The Morgan fingerprint density at radius 3 is 2.24 bits per heavy atom. The van der Waals surface area contributed by atoms with Crippen LogP contribution >= 0.6 is 0 Å². The van der Waals surface area contributed by atoms with E-state index in [0.29, 0.717) is 0 Å². The summed E-state index contributed by atoms with van der Waals surface area (Å²) in [4.78, 5) is 12.8. The van der Waals surface area contributed by atoms with Crippen molar-refractivity contribution in [2.75, 3.05) is 0 Å². The molecule has 0 amide bonds. The van der Waals surface area contributed by atoms with Crippen molar-refractivity contribution >= 4 is 16.6 Å². The Hall–Kier alpha value is -2.41. The van der Waals surface area contributed by atoms with Crippen molar-refractivity contribution in [3.05, 3.63) is 83.9 Å². The molecule has 1 nitrogen and oxygen atoms in total. The van der Waals surface area contributed by atoms with Gasteiger partial charge in [-0.15, -0.1) is 0 Å². The van der Waals surface area contributed by atoms with Crippen LogP contribution in [0.15, 0.2) is 72.8 Å². The fourth-order valence-electron chi connectivity index (χ4n) is 2.80. The highest BCUT2D eigenvalue weighted by atomic mass is 16.1. The maximum Gasteiger partial charge on any atom is 0.170 e. The van der Waals surface area contributed by atoms with E-state index in [9.17, 15) is 4.79 Å². The molecule has 0 aliphatic rings. The Morgan fingerprint density at radius 1 is 0.857 bits per heavy atom. The number of fused-ring (bicyclic) bond motifs is 1. The molecule has 1 unspecified atom stereocenters. The van der Waals surface area contributed by atoms with Crippen LogP contribution < -0.4 is 0 Å². The second-order valence-corrected chi connectivity index (χ2v) is 5.30. The van der Waals surface area contributed by atoms with Crippen LogP contribution in [0.1, 0.15) is 35.2 Å². The van der Waals surface area contributed by atoms with E-state index >= 15 is 0 Å². The fraction of sp³-hybridized carbons (Fsp3) is 0.150. The molecule has 0 spiro atoms. The third-order valence-electron chi connectivity index (χ3n) is 3.96. The van der Waals surface area contributed by atoms with Crippen LogP contribution in [0, 0.1) is 0 Å². The van der Waals surface area contributed by atoms with Gasteiger partial charge in [0.05, 0.1) is 0 Å². The van der Waals surface area contributed by atoms with E-state index in [1.165, 1.54) is 5.39 Å². The minimum absolute atomic E-state index is 0.0626. The van der Waals surface area contributed by atoms with Gasteiger partial charge in [-0.1, -0.05) is 73.7 Å². The fourth-order valence-corrected chi connectivity index (χ4v) is 2.80. The van der Waals surface area contributed by atoms with E-state index in [-0.39, 0.29) is 11.7 Å². The zero-order valence-corrected chi connectivity index (χ0v) is 12.1. The largest absolute Gasteiger partial charge is 0.293 e. The maximum absolute atomic E-state index is 12.8. The van der Waals surface area contributed by atoms with Gasteiger partial charge in [-0.2, -0.15) is 0 Å². The zero-order valence-electron chi connectivity index (χ0n) is 12.1. The molecule has 0 bridgehead atoms. The van der Waals surface area contributed by atoms with Gasteiger partial charge in [0.25, 0.3) is 0 Å². The first-order valence-electron chi connectivity index (χ1n) is 7.37. The van der Waals surface area contributed by atoms with Crippen molar-refractivity contribution in [2.24, 2.45) is 0 Å². The molecule has 0 aromatic heterocycles. The minimum Gasteiger partial charge on any atom is -0.293 e. The van der Waals surface area contributed by atoms with Crippen LogP contribution in [0.25, 0.3) is 10.8 Å². The number of hydrogen-bond acceptors (Lipinski definition) is 1. The molecule has 0 saturated carbocycles. The summed E-state index contributed by atoms with van der Waals surface area (Å²) in [6.07, 6.45) is 0.815. The normalized spacial score (nSPS) is 12.2. The van der Waals surface area contributed by atoms with Crippen LogP contribution in [0.3, 0.4) is 0 Å². The Kier molecular flexibility index (Phi) is 3.83. The number of rotatable bonds is 4. The average Bonchev–Trinajstić information content (AvgIpc) is 2.56. The first kappa shape index (κ1) is 13.6. The number of carbonyl (C=O) groups excluding carboxylic acids is 1. The second-order valence-electron chi connectivity index (χ2n) is 5.30. The summed E-state index contributed by atoms with van der Waals surface area (Å²) < 4.78 is 0. The summed E-state index contributed by atoms with van der Waals surface area (Å²) in [5.41, 5.74) is 1.89. The molecule has 3 rings (SSSR count). The summed E-state index contributed by atoms with van der Waals surface area (Å²) in [5, 5.41) is 2.29. The molecule has 0 N–H and O–H groups in total. The summed E-state index contributed by atoms with van der Waals surface area (Å²) in [6.45, 7) is 2.07. The van der Waals surface area contributed by atoms with Gasteiger partial charge in [0.15, 0.2) is 5.78 Å². The molecule has 0 aliphatic heterocycles. The lowest BCUT2D eigenvalue weighted by atomic mass is 9.88. The predicted molar refractivity (Wildman–Crippen MR) is 87.8 cm³/mol. The van der Waals surface area contributed by atoms with Gasteiger partial charge in [-0.3, -0.25) is 4.79 Å². The van der Waals surface area contributed by atoms with E-state index < -0.39 is 0 Å². The molecule has 104 valence electrons. The van der Waals surface area contributed by atoms with Crippen LogP contribution in [0.4, 0.5) is 0 Å². The first-order valence-corrected chi connectivity index (χ1v) is 7.37. The Morgan fingerprint density at radius 2 is 1.52 bits per heavy atom. The molecule has 3 aromatic rings. The highest BCUT2D eigenvalue weighted by Crippen LogP contribution is 2.26. The summed E-state index contributed by atoms with van der Waals surface area (Å²) in [5.74, 6) is 0.141. The SMILES string of the molecule is CCC(C(=O)c1ccc2ccccc2c1)c1ccccc1. The van der Waals surface area contributed by atoms with E-state index in [2.05, 4.69) is 19.1 Å². The third kappa shape index (κ3) is 2.73. The molecular formula is C20H18O. The van der Waals surface area contributed by atoms with Crippen molar-refractivity contribution < 1.29 is 4.79 Å². The van der Waals surface area contributed by atoms with Gasteiger partial charge in [0.2, 0.25) is 0 Å². The predicted octanol–water partition coefficient (Wildman–Crippen LogP) is 5.22. The lowest BCUT2D eigenvalue weighted by molar-refractivity contribution is 0.0957. The van der Waals surface area contributed by atoms with E-state index in [1.807, 2.05) is 60.7 Å². The molecule has 1 atom stereocenters. The monoisotopic (exact) mass is 274 g/mol. The van der Waals surface area contributed by atoms with Gasteiger partial charge >= 0.3 is 0 Å². The number of ketones is 1. The van der Waals surface area contributed by atoms with Crippen molar-refractivity contribution in [2.45, 2.75) is 19.3 Å². The summed E-state index contributed by atoms with van der Waals surface area (Å²) in [6, 6.07) is 24.1. The van der Waals surface area contributed by atoms with Gasteiger partial charge in [0, 0.05) is 11.5 Å². The number of benzene rings is 3. The van der Waals surface area contributed by atoms with E-state index in [0.717, 1.165) is 22.9 Å². The van der Waals surface area contributed by atoms with Crippen molar-refractivity contribution in [1.29, 1.82) is 0 Å². The second kappa shape index (κ2) is 5.92. The van der Waals surface area contributed by atoms with Crippen LogP contribution in [0.5, 0.6) is 0 Å². The van der Waals surface area contributed by atoms with Gasteiger partial charge in [-0.25, -0.2) is 0 Å². The van der Waals surface area contributed by atoms with Crippen LogP contribution in [-0.4, -0.2) is 5.78 Å². The molecular weight excluding hydrogens is 256 g/mol. The number of Topliss-reactive ketones (excluding diaryl/α,β-unsaturated/α-hetero) is 1. The molecule has 0 saturated heterocycles. The topological polar surface area (TPSA) is 17.1 Å². The van der Waals surface area contributed by atoms with E-state index in [1.54, 1.807) is 0 Å². The van der Waals surface area contributed by atoms with Crippen molar-refractivity contribution in [3.63, 3.8) is 0 Å². The molecule has 0 aliphatic carbocycles. The van der Waals surface area contributed by atoms with E-state index in [4.69, 9.17) is 0 Å². The lowest BCUT2D eigenvalue weighted by Crippen LogP contribution is -2.12. The summed E-state index contributed by atoms with van der Waals surface area (Å²) >= 11 is 0. The lowest BCUT2D eigenvalue weighted by Gasteiger charge is -2.14. The van der Waals surface area contributed by atoms with Gasteiger partial charge < -0.3 is 0 Å². The Bertz CT molecular complexity index is 759. The van der Waals surface area contributed by atoms with Crippen molar-refractivity contribution in [3.8, 4) is 0 Å². The number of hydrogen-bond donors (Lipinski definition) is 0. The molecule has 0 heterocycles. The molecule has 1 heteroatoms. The van der Waals surface area contributed by atoms with Gasteiger partial charge in [0.1, 0.15) is 0 Å². The Labute approximate surface area is 125 Å². The highest BCUT2D eigenvalue weighted by molar-refractivity contribution is 6.03. The Balaban J connectivity index is 1.98. The standard InChI is InChI=1S/C20H18O/c1-2-19(16-9-4-3-5-10-16)20(21)18-13-12-15-8-6-7-11-17(15)14-18/h3-14,19H,2H2,1H3. The minimum atomic E-state index is -0.0626. The maximum atomic E-state index is 12.8. The first-order chi connectivity index (χ1) is 10.3. The smallest absolute Gasteiger partial charge is 0.170 e. The molecule has 3 aromatic carbocycles. The van der Waals surface area contributed by atoms with Crippen molar-refractivity contribution in [1.82, 2.24) is 0 Å². The quantitative estimate of drug-likeness (QED) is 0.596. The zero-order chi connectivity index (χ0) is 14.7. The van der Waals surface area contributed by atoms with Gasteiger partial charge in [-0.05, 0) is 28.8 Å². The molecule has 21 heavy (non-hydrogen) atoms. The average molecular weight is 274 g/mol. The molecule has 0 fully saturated rings. The highest BCUT2D eigenvalue weighted by Gasteiger charge is 2.20. The summed E-state index contributed by atoms with van der Waals surface area (Å²) in [7, 11) is 0. The van der Waals surface area contributed by atoms with Crippen LogP contribution in [-0.2, 0) is 0 Å².